The van der Waals surface area contributed by atoms with Crippen LogP contribution in [0.1, 0.15) is 19.3 Å². The minimum atomic E-state index is -3.66. The normalized spacial score (nSPS) is 33.6. The molecule has 3 nitrogen and oxygen atoms in total. The van der Waals surface area contributed by atoms with Crippen LogP contribution in [0.2, 0.25) is 0 Å². The minimum absolute atomic E-state index is 0.0197. The summed E-state index contributed by atoms with van der Waals surface area (Å²) in [6.45, 7) is 0.323. The Kier molecular flexibility index (Phi) is 2.20. The van der Waals surface area contributed by atoms with Crippen molar-refractivity contribution in [1.29, 1.82) is 0 Å². The Labute approximate surface area is 65.9 Å². The average Bonchev–Trinajstić information content (AvgIpc) is 1.87. The number of halogens is 1. The first-order valence-electron chi connectivity index (χ1n) is 3.53. The lowest BCUT2D eigenvalue weighted by molar-refractivity contribution is 0.164. The number of hydrogen-bond acceptors (Lipinski definition) is 2. The molecule has 1 aliphatic rings. The van der Waals surface area contributed by atoms with Gasteiger partial charge in [0.1, 0.15) is 0 Å². The summed E-state index contributed by atoms with van der Waals surface area (Å²) in [5.41, 5.74) is 0. The van der Waals surface area contributed by atoms with E-state index in [2.05, 4.69) is 5.32 Å². The van der Waals surface area contributed by atoms with E-state index < -0.39 is 15.0 Å². The Morgan fingerprint density at radius 1 is 1.45 bits per heavy atom. The molecule has 1 rings (SSSR count). The van der Waals surface area contributed by atoms with E-state index in [-0.39, 0.29) is 6.42 Å². The third kappa shape index (κ3) is 1.70. The molecule has 1 radical (unpaired) electrons. The van der Waals surface area contributed by atoms with Crippen molar-refractivity contribution in [3.63, 3.8) is 0 Å². The van der Waals surface area contributed by atoms with Gasteiger partial charge in [-0.3, -0.25) is 0 Å². The molecule has 1 saturated heterocycles. The van der Waals surface area contributed by atoms with E-state index in [1.165, 1.54) is 0 Å². The molecular formula is C6H11FNO2S. The summed E-state index contributed by atoms with van der Waals surface area (Å²) >= 11 is 0. The lowest BCUT2D eigenvalue weighted by Gasteiger charge is -2.26. The highest BCUT2D eigenvalue weighted by Gasteiger charge is 2.42. The molecule has 0 spiro atoms. The Morgan fingerprint density at radius 2 is 2.09 bits per heavy atom. The van der Waals surface area contributed by atoms with Gasteiger partial charge in [0.25, 0.3) is 5.12 Å². The van der Waals surface area contributed by atoms with Crippen LogP contribution in [0.3, 0.4) is 0 Å². The van der Waals surface area contributed by atoms with Crippen LogP contribution in [0.15, 0.2) is 0 Å². The van der Waals surface area contributed by atoms with Gasteiger partial charge in [-0.25, -0.2) is 12.8 Å². The highest BCUT2D eigenvalue weighted by molar-refractivity contribution is 7.91. The first-order chi connectivity index (χ1) is 4.96. The van der Waals surface area contributed by atoms with Crippen molar-refractivity contribution in [2.24, 2.45) is 0 Å². The highest BCUT2D eigenvalue weighted by Crippen LogP contribution is 2.27. The van der Waals surface area contributed by atoms with Gasteiger partial charge in [0, 0.05) is 19.2 Å². The highest BCUT2D eigenvalue weighted by atomic mass is 32.2. The molecule has 0 aromatic rings. The summed E-state index contributed by atoms with van der Waals surface area (Å²) in [4.78, 5) is 0. The lowest BCUT2D eigenvalue weighted by Crippen LogP contribution is -2.45. The van der Waals surface area contributed by atoms with Crippen molar-refractivity contribution in [2.75, 3.05) is 12.8 Å². The van der Waals surface area contributed by atoms with E-state index in [4.69, 9.17) is 0 Å². The first kappa shape index (κ1) is 8.93. The van der Waals surface area contributed by atoms with Crippen molar-refractivity contribution in [3.05, 3.63) is 0 Å². The van der Waals surface area contributed by atoms with Crippen LogP contribution < -0.4 is 5.32 Å². The molecule has 11 heavy (non-hydrogen) atoms. The molecule has 1 atom stereocenters. The summed E-state index contributed by atoms with van der Waals surface area (Å²) in [6.07, 6.45) is 2.31. The van der Waals surface area contributed by atoms with Crippen molar-refractivity contribution < 1.29 is 12.8 Å². The number of hydrogen-bond donors (Lipinski definition) is 0. The van der Waals surface area contributed by atoms with Gasteiger partial charge in [0.15, 0.2) is 9.84 Å². The van der Waals surface area contributed by atoms with E-state index >= 15 is 0 Å². The van der Waals surface area contributed by atoms with Gasteiger partial charge in [-0.05, 0) is 12.8 Å². The molecule has 0 bridgehead atoms. The number of rotatable bonds is 1. The van der Waals surface area contributed by atoms with Crippen LogP contribution in [-0.2, 0) is 9.84 Å². The van der Waals surface area contributed by atoms with E-state index in [0.717, 1.165) is 12.7 Å². The van der Waals surface area contributed by atoms with Crippen molar-refractivity contribution in [2.45, 2.75) is 24.4 Å². The number of piperidine rings is 1. The van der Waals surface area contributed by atoms with E-state index in [9.17, 15) is 12.8 Å². The summed E-state index contributed by atoms with van der Waals surface area (Å²) in [7, 11) is -3.66. The van der Waals surface area contributed by atoms with Crippen LogP contribution in [0.25, 0.3) is 0 Å². The van der Waals surface area contributed by atoms with Crippen molar-refractivity contribution in [1.82, 2.24) is 5.32 Å². The molecule has 1 fully saturated rings. The third-order valence-corrected chi connectivity index (χ3v) is 3.28. The topological polar surface area (TPSA) is 48.2 Å². The van der Waals surface area contributed by atoms with E-state index in [0.29, 0.717) is 13.0 Å². The maximum Gasteiger partial charge on any atom is 0.277 e. The van der Waals surface area contributed by atoms with Crippen molar-refractivity contribution in [3.8, 4) is 0 Å². The molecule has 5 heteroatoms. The Morgan fingerprint density at radius 3 is 2.36 bits per heavy atom. The lowest BCUT2D eigenvalue weighted by atomic mass is 10.1. The van der Waals surface area contributed by atoms with Crippen LogP contribution in [0.4, 0.5) is 4.39 Å². The maximum atomic E-state index is 13.3. The van der Waals surface area contributed by atoms with Gasteiger partial charge < -0.3 is 0 Å². The molecule has 0 N–H and O–H groups in total. The molecule has 0 aromatic carbocycles. The third-order valence-electron chi connectivity index (χ3n) is 1.81. The van der Waals surface area contributed by atoms with Gasteiger partial charge in [-0.15, -0.1) is 0 Å². The molecule has 0 saturated carbocycles. The minimum Gasteiger partial charge on any atom is -0.224 e. The van der Waals surface area contributed by atoms with Gasteiger partial charge >= 0.3 is 0 Å². The number of alkyl halides is 1. The summed E-state index contributed by atoms with van der Waals surface area (Å²) < 4.78 is 35.0. The van der Waals surface area contributed by atoms with Gasteiger partial charge in [-0.2, -0.15) is 5.32 Å². The number of sulfone groups is 1. The zero-order valence-corrected chi connectivity index (χ0v) is 7.19. The fourth-order valence-corrected chi connectivity index (χ4v) is 1.92. The molecule has 65 valence electrons. The fraction of sp³-hybridized carbons (Fsp3) is 1.00. The Hall–Kier alpha value is -0.160. The zero-order chi connectivity index (χ0) is 8.54. The Balaban J connectivity index is 2.81. The molecule has 0 amide bonds. The molecule has 1 aliphatic heterocycles. The summed E-state index contributed by atoms with van der Waals surface area (Å²) in [6, 6.07) is 0. The van der Waals surface area contributed by atoms with Gasteiger partial charge in [0.05, 0.1) is 0 Å². The molecule has 0 aliphatic carbocycles. The molecule has 1 unspecified atom stereocenters. The van der Waals surface area contributed by atoms with E-state index in [1.807, 2.05) is 0 Å². The second-order valence-electron chi connectivity index (χ2n) is 2.80. The standard InChI is InChI=1S/C6H11FNO2S/c1-11(9,10)6(7)4-2-3-5-8-6/h2-5H2,1H3. The molecule has 0 aromatic heterocycles. The molecular weight excluding hydrogens is 169 g/mol. The predicted molar refractivity (Wildman–Crippen MR) is 39.5 cm³/mol. The summed E-state index contributed by atoms with van der Waals surface area (Å²) in [5.74, 6) is 0. The predicted octanol–water partition coefficient (Wildman–Crippen LogP) is 0.443. The average molecular weight is 180 g/mol. The molecule has 1 heterocycles. The maximum absolute atomic E-state index is 13.3. The quantitative estimate of drug-likeness (QED) is 0.550. The van der Waals surface area contributed by atoms with Crippen molar-refractivity contribution >= 4 is 9.84 Å². The smallest absolute Gasteiger partial charge is 0.224 e. The zero-order valence-electron chi connectivity index (χ0n) is 6.38. The van der Waals surface area contributed by atoms with Crippen LogP contribution in [0, 0.1) is 0 Å². The SMILES string of the molecule is CS(=O)(=O)C1(F)CCCC[N]1. The monoisotopic (exact) mass is 180 g/mol. The van der Waals surface area contributed by atoms with E-state index in [1.54, 1.807) is 0 Å². The largest absolute Gasteiger partial charge is 0.277 e. The first-order valence-corrected chi connectivity index (χ1v) is 5.42. The fourth-order valence-electron chi connectivity index (χ4n) is 1.08. The Bertz CT molecular complexity index is 231. The van der Waals surface area contributed by atoms with Crippen LogP contribution in [-0.4, -0.2) is 26.3 Å². The second kappa shape index (κ2) is 2.71. The second-order valence-corrected chi connectivity index (χ2v) is 4.97. The number of nitrogens with zero attached hydrogens (tertiary/aromatic N) is 1. The summed E-state index contributed by atoms with van der Waals surface area (Å²) in [5, 5.41) is 1.19. The van der Waals surface area contributed by atoms with Crippen LogP contribution >= 0.6 is 0 Å². The van der Waals surface area contributed by atoms with Gasteiger partial charge in [0.2, 0.25) is 0 Å². The van der Waals surface area contributed by atoms with Gasteiger partial charge in [-0.1, -0.05) is 0 Å². The van der Waals surface area contributed by atoms with Crippen LogP contribution in [0.5, 0.6) is 0 Å².